The molecule has 174 valence electrons. The Kier molecular flexibility index (Phi) is 7.32. The topological polar surface area (TPSA) is 85.1 Å². The third-order valence-corrected chi connectivity index (χ3v) is 6.85. The molecule has 3 atom stereocenters. The number of nitrogens with one attached hydrogen (secondary N) is 1. The van der Waals surface area contributed by atoms with Crippen LogP contribution in [0.1, 0.15) is 84.4 Å². The summed E-state index contributed by atoms with van der Waals surface area (Å²) >= 11 is 0. The molecule has 2 aromatic heterocycles. The molecule has 1 saturated carbocycles. The molecular formula is C25H37N5O2. The summed E-state index contributed by atoms with van der Waals surface area (Å²) in [6.45, 7) is 8.06. The van der Waals surface area contributed by atoms with Crippen LogP contribution in [0, 0.1) is 17.8 Å². The van der Waals surface area contributed by atoms with Gasteiger partial charge in [0.05, 0.1) is 19.0 Å². The lowest BCUT2D eigenvalue weighted by Crippen LogP contribution is -2.32. The second kappa shape index (κ2) is 10.2. The van der Waals surface area contributed by atoms with Crippen LogP contribution in [0.15, 0.2) is 6.33 Å². The largest absolute Gasteiger partial charge is 0.378 e. The summed E-state index contributed by atoms with van der Waals surface area (Å²) in [5.74, 6) is 7.85. The van der Waals surface area contributed by atoms with Gasteiger partial charge in [0.25, 0.3) is 0 Å². The first-order valence-electron chi connectivity index (χ1n) is 12.4. The van der Waals surface area contributed by atoms with Crippen LogP contribution in [-0.4, -0.2) is 49.0 Å². The number of nitrogens with zero attached hydrogens (tertiary/aromatic N) is 4. The molecule has 0 spiro atoms. The van der Waals surface area contributed by atoms with Gasteiger partial charge < -0.3 is 19.7 Å². The molecule has 0 amide bonds. The lowest BCUT2D eigenvalue weighted by atomic mass is 9.79. The van der Waals surface area contributed by atoms with E-state index in [4.69, 9.17) is 14.7 Å². The van der Waals surface area contributed by atoms with Crippen LogP contribution in [0.25, 0.3) is 11.2 Å². The van der Waals surface area contributed by atoms with Crippen LogP contribution in [0.3, 0.4) is 0 Å². The Labute approximate surface area is 191 Å². The van der Waals surface area contributed by atoms with E-state index in [1.165, 1.54) is 6.42 Å². The fourth-order valence-electron chi connectivity index (χ4n) is 4.90. The molecule has 0 aromatic carbocycles. The predicted molar refractivity (Wildman–Crippen MR) is 126 cm³/mol. The van der Waals surface area contributed by atoms with Gasteiger partial charge in [-0.2, -0.15) is 0 Å². The zero-order chi connectivity index (χ0) is 22.6. The molecule has 4 rings (SSSR count). The Morgan fingerprint density at radius 1 is 1.25 bits per heavy atom. The summed E-state index contributed by atoms with van der Waals surface area (Å²) in [6, 6.07) is 0.309. The molecular weight excluding hydrogens is 402 g/mol. The molecule has 3 unspecified atom stereocenters. The van der Waals surface area contributed by atoms with Crippen molar-refractivity contribution in [1.82, 2.24) is 19.5 Å². The minimum Gasteiger partial charge on any atom is -0.378 e. The van der Waals surface area contributed by atoms with E-state index in [-0.39, 0.29) is 6.10 Å². The molecule has 2 aromatic rings. The average molecular weight is 440 g/mol. The van der Waals surface area contributed by atoms with E-state index in [9.17, 15) is 5.11 Å². The van der Waals surface area contributed by atoms with Crippen LogP contribution in [0.2, 0.25) is 0 Å². The van der Waals surface area contributed by atoms with E-state index in [2.05, 4.69) is 47.5 Å². The molecule has 1 saturated heterocycles. The molecule has 32 heavy (non-hydrogen) atoms. The Morgan fingerprint density at radius 3 is 2.81 bits per heavy atom. The van der Waals surface area contributed by atoms with E-state index >= 15 is 0 Å². The molecule has 7 heteroatoms. The van der Waals surface area contributed by atoms with E-state index < -0.39 is 5.60 Å². The number of aromatic nitrogens is 4. The average Bonchev–Trinajstić information content (AvgIpc) is 3.19. The Balaban J connectivity index is 1.68. The van der Waals surface area contributed by atoms with Crippen LogP contribution in [0.5, 0.6) is 0 Å². The smallest absolute Gasteiger partial charge is 0.209 e. The fraction of sp³-hybridized carbons (Fsp3) is 0.720. The van der Waals surface area contributed by atoms with Gasteiger partial charge in [-0.15, -0.1) is 0 Å². The highest BCUT2D eigenvalue weighted by Crippen LogP contribution is 2.31. The van der Waals surface area contributed by atoms with Crippen molar-refractivity contribution >= 4 is 17.0 Å². The Morgan fingerprint density at radius 2 is 2.09 bits per heavy atom. The van der Waals surface area contributed by atoms with Crippen LogP contribution in [0.4, 0.5) is 5.82 Å². The molecule has 0 bridgehead atoms. The van der Waals surface area contributed by atoms with Gasteiger partial charge in [-0.1, -0.05) is 33.1 Å². The van der Waals surface area contributed by atoms with Gasteiger partial charge in [-0.05, 0) is 63.2 Å². The third-order valence-electron chi connectivity index (χ3n) is 6.85. The number of anilines is 1. The van der Waals surface area contributed by atoms with Gasteiger partial charge in [-0.25, -0.2) is 15.0 Å². The van der Waals surface area contributed by atoms with E-state index in [0.717, 1.165) is 68.7 Å². The highest BCUT2D eigenvalue weighted by atomic mass is 16.5. The van der Waals surface area contributed by atoms with Crippen molar-refractivity contribution in [2.45, 2.75) is 103 Å². The number of hydrogen-bond donors (Lipinski definition) is 2. The van der Waals surface area contributed by atoms with E-state index in [1.807, 2.05) is 6.33 Å². The quantitative estimate of drug-likeness (QED) is 0.653. The summed E-state index contributed by atoms with van der Waals surface area (Å²) in [7, 11) is 0. The molecule has 1 aliphatic heterocycles. The first kappa shape index (κ1) is 23.0. The minimum atomic E-state index is -0.949. The number of imidazole rings is 1. The normalized spacial score (nSPS) is 26.2. The second-order valence-corrected chi connectivity index (χ2v) is 9.59. The number of fused-ring (bicyclic) bond motifs is 1. The number of aliphatic hydroxyl groups is 1. The van der Waals surface area contributed by atoms with E-state index in [0.29, 0.717) is 30.6 Å². The molecule has 1 aliphatic carbocycles. The number of ether oxygens (including phenoxy) is 1. The predicted octanol–water partition coefficient (Wildman–Crippen LogP) is 4.29. The van der Waals surface area contributed by atoms with Crippen molar-refractivity contribution in [2.75, 3.05) is 11.9 Å². The summed E-state index contributed by atoms with van der Waals surface area (Å²) < 4.78 is 8.00. The fourth-order valence-corrected chi connectivity index (χ4v) is 4.90. The number of rotatable bonds is 6. The lowest BCUT2D eigenvalue weighted by molar-refractivity contribution is 0.00652. The zero-order valence-corrected chi connectivity index (χ0v) is 19.7. The first-order valence-corrected chi connectivity index (χ1v) is 12.4. The van der Waals surface area contributed by atoms with E-state index in [1.54, 1.807) is 0 Å². The van der Waals surface area contributed by atoms with Crippen LogP contribution >= 0.6 is 0 Å². The summed E-state index contributed by atoms with van der Waals surface area (Å²) in [5, 5.41) is 14.5. The molecule has 7 nitrogen and oxygen atoms in total. The monoisotopic (exact) mass is 439 g/mol. The van der Waals surface area contributed by atoms with Crippen molar-refractivity contribution in [3.63, 3.8) is 0 Å². The van der Waals surface area contributed by atoms with Gasteiger partial charge in [0.2, 0.25) is 5.82 Å². The summed E-state index contributed by atoms with van der Waals surface area (Å²) in [5.41, 5.74) is 0.592. The van der Waals surface area contributed by atoms with Crippen LogP contribution < -0.4 is 5.32 Å². The van der Waals surface area contributed by atoms with Crippen molar-refractivity contribution in [2.24, 2.45) is 5.92 Å². The molecule has 2 N–H and O–H groups in total. The molecule has 0 radical (unpaired) electrons. The maximum absolute atomic E-state index is 11.0. The van der Waals surface area contributed by atoms with Gasteiger partial charge in [-0.3, -0.25) is 0 Å². The Hall–Kier alpha value is -2.17. The van der Waals surface area contributed by atoms with Gasteiger partial charge >= 0.3 is 0 Å². The van der Waals surface area contributed by atoms with Crippen molar-refractivity contribution in [3.8, 4) is 11.8 Å². The van der Waals surface area contributed by atoms with Crippen molar-refractivity contribution < 1.29 is 9.84 Å². The van der Waals surface area contributed by atoms with Crippen molar-refractivity contribution in [3.05, 3.63) is 12.2 Å². The summed E-state index contributed by atoms with van der Waals surface area (Å²) in [6.07, 6.45) is 11.0. The Bertz CT molecular complexity index is 968. The van der Waals surface area contributed by atoms with Crippen LogP contribution in [-0.2, 0) is 11.3 Å². The second-order valence-electron chi connectivity index (χ2n) is 9.59. The van der Waals surface area contributed by atoms with Gasteiger partial charge in [0.15, 0.2) is 17.0 Å². The standard InChI is InChI=1S/C25H37N5O2/c1-4-19(5-2)27-23-22-24(30(17-26-22)16-20-10-6-7-14-32-20)29-21(28-23)11-13-25(31)12-8-9-18(3)15-25/h17-20,31H,4-10,12,14-16H2,1-3H3,(H,27,28,29). The molecule has 3 heterocycles. The summed E-state index contributed by atoms with van der Waals surface area (Å²) in [4.78, 5) is 14.1. The third kappa shape index (κ3) is 5.41. The number of hydrogen-bond acceptors (Lipinski definition) is 6. The highest BCUT2D eigenvalue weighted by molar-refractivity contribution is 5.83. The zero-order valence-electron chi connectivity index (χ0n) is 19.7. The maximum atomic E-state index is 11.0. The highest BCUT2D eigenvalue weighted by Gasteiger charge is 2.30. The van der Waals surface area contributed by atoms with Crippen molar-refractivity contribution in [1.29, 1.82) is 0 Å². The minimum absolute atomic E-state index is 0.186. The lowest BCUT2D eigenvalue weighted by Gasteiger charge is -2.30. The SMILES string of the molecule is CCC(CC)Nc1nc(C#CC2(O)CCCC(C)C2)nc2c1ncn2CC1CCCCO1. The molecule has 2 aliphatic rings. The molecule has 2 fully saturated rings. The van der Waals surface area contributed by atoms with Gasteiger partial charge in [0, 0.05) is 12.6 Å². The maximum Gasteiger partial charge on any atom is 0.209 e. The van der Waals surface area contributed by atoms with Gasteiger partial charge in [0.1, 0.15) is 5.60 Å². The first-order chi connectivity index (χ1) is 15.5.